The van der Waals surface area contributed by atoms with Gasteiger partial charge in [-0.2, -0.15) is 4.31 Å². The summed E-state index contributed by atoms with van der Waals surface area (Å²) in [5, 5.41) is 0. The number of aryl methyl sites for hydroxylation is 1. The van der Waals surface area contributed by atoms with E-state index >= 15 is 0 Å². The quantitative estimate of drug-likeness (QED) is 0.779. The third-order valence-corrected chi connectivity index (χ3v) is 5.86. The summed E-state index contributed by atoms with van der Waals surface area (Å²) in [4.78, 5) is 2.27. The van der Waals surface area contributed by atoms with Crippen LogP contribution >= 0.6 is 11.6 Å². The average Bonchev–Trinajstić information content (AvgIpc) is 2.95. The van der Waals surface area contributed by atoms with Crippen molar-refractivity contribution < 1.29 is 12.8 Å². The Kier molecular flexibility index (Phi) is 4.79. The lowest BCUT2D eigenvalue weighted by Gasteiger charge is -2.26. The monoisotopic (exact) mass is 320 g/mol. The number of furan rings is 1. The molecule has 1 aromatic heterocycles. The molecular weight excluding hydrogens is 300 g/mol. The summed E-state index contributed by atoms with van der Waals surface area (Å²) in [6.45, 7) is 2.97. The fraction of sp³-hybridized carbons (Fsp3) is 0.692. The Labute approximate surface area is 125 Å². The second-order valence-corrected chi connectivity index (χ2v) is 7.57. The molecule has 0 spiro atoms. The van der Waals surface area contributed by atoms with Gasteiger partial charge in [-0.05, 0) is 33.9 Å². The number of hydrogen-bond donors (Lipinski definition) is 0. The zero-order valence-electron chi connectivity index (χ0n) is 12.1. The van der Waals surface area contributed by atoms with Crippen molar-refractivity contribution in [3.63, 3.8) is 0 Å². The lowest BCUT2D eigenvalue weighted by atomic mass is 10.2. The van der Waals surface area contributed by atoms with Gasteiger partial charge in [-0.3, -0.25) is 0 Å². The summed E-state index contributed by atoms with van der Waals surface area (Å²) in [7, 11) is 0.413. The first kappa shape index (κ1) is 15.8. The maximum Gasteiger partial charge on any atom is 0.246 e. The van der Waals surface area contributed by atoms with Crippen molar-refractivity contribution in [1.29, 1.82) is 0 Å². The lowest BCUT2D eigenvalue weighted by molar-refractivity contribution is 0.291. The second kappa shape index (κ2) is 6.05. The van der Waals surface area contributed by atoms with Crippen LogP contribution in [-0.4, -0.2) is 50.8 Å². The van der Waals surface area contributed by atoms with Gasteiger partial charge in [-0.15, -0.1) is 11.6 Å². The van der Waals surface area contributed by atoms with Crippen molar-refractivity contribution in [2.24, 2.45) is 0 Å². The van der Waals surface area contributed by atoms with Crippen LogP contribution in [0, 0.1) is 6.92 Å². The predicted octanol–water partition coefficient (Wildman–Crippen LogP) is 2.04. The minimum absolute atomic E-state index is 0.0313. The zero-order valence-corrected chi connectivity index (χ0v) is 13.7. The van der Waals surface area contributed by atoms with Gasteiger partial charge in [0.1, 0.15) is 16.4 Å². The Hall–Kier alpha value is -0.560. The number of sulfonamides is 1. The van der Waals surface area contributed by atoms with Crippen LogP contribution in [-0.2, 0) is 15.9 Å². The van der Waals surface area contributed by atoms with Gasteiger partial charge in [-0.25, -0.2) is 8.42 Å². The number of hydrogen-bond acceptors (Lipinski definition) is 4. The fourth-order valence-electron chi connectivity index (χ4n) is 2.70. The highest BCUT2D eigenvalue weighted by Crippen LogP contribution is 2.30. The van der Waals surface area contributed by atoms with Gasteiger partial charge in [-0.1, -0.05) is 0 Å². The summed E-state index contributed by atoms with van der Waals surface area (Å²) >= 11 is 5.71. The van der Waals surface area contributed by atoms with Crippen LogP contribution in [0.4, 0.5) is 0 Å². The Balaban J connectivity index is 2.31. The normalized spacial score (nSPS) is 20.9. The van der Waals surface area contributed by atoms with Crippen molar-refractivity contribution in [1.82, 2.24) is 9.21 Å². The van der Waals surface area contributed by atoms with Crippen LogP contribution in [0.5, 0.6) is 0 Å². The molecule has 1 unspecified atom stereocenters. The maximum absolute atomic E-state index is 12.8. The van der Waals surface area contributed by atoms with E-state index < -0.39 is 10.0 Å². The highest BCUT2D eigenvalue weighted by atomic mass is 35.5. The highest BCUT2D eigenvalue weighted by Gasteiger charge is 2.37. The standard InChI is InChI=1S/C13H21ClN2O3S/c1-10-13(7-12(8-14)19-10)20(17,18)16-6-4-5-11(16)9-15(2)3/h7,11H,4-6,8-9H2,1-3H3. The molecule has 7 heteroatoms. The van der Waals surface area contributed by atoms with Gasteiger partial charge in [0.15, 0.2) is 0 Å². The van der Waals surface area contributed by atoms with Gasteiger partial charge in [0.05, 0.1) is 5.88 Å². The molecule has 1 aliphatic heterocycles. The van der Waals surface area contributed by atoms with E-state index in [0.717, 1.165) is 19.4 Å². The second-order valence-electron chi connectivity index (χ2n) is 5.44. The lowest BCUT2D eigenvalue weighted by Crippen LogP contribution is -2.41. The maximum atomic E-state index is 12.8. The van der Waals surface area contributed by atoms with E-state index in [4.69, 9.17) is 16.0 Å². The van der Waals surface area contributed by atoms with Gasteiger partial charge >= 0.3 is 0 Å². The van der Waals surface area contributed by atoms with Gasteiger partial charge < -0.3 is 9.32 Å². The third kappa shape index (κ3) is 3.03. The van der Waals surface area contributed by atoms with E-state index in [0.29, 0.717) is 18.1 Å². The van der Waals surface area contributed by atoms with Crippen molar-refractivity contribution in [2.45, 2.75) is 36.6 Å². The molecule has 1 saturated heterocycles. The molecule has 2 rings (SSSR count). The summed E-state index contributed by atoms with van der Waals surface area (Å²) in [5.41, 5.74) is 0. The molecule has 0 aromatic carbocycles. The van der Waals surface area contributed by atoms with E-state index in [1.165, 1.54) is 0 Å². The topological polar surface area (TPSA) is 53.8 Å². The number of halogens is 1. The first-order chi connectivity index (χ1) is 9.36. The minimum Gasteiger partial charge on any atom is -0.464 e. The summed E-state index contributed by atoms with van der Waals surface area (Å²) in [6.07, 6.45) is 1.80. The number of alkyl halides is 1. The van der Waals surface area contributed by atoms with Crippen LogP contribution in [0.3, 0.4) is 0 Å². The van der Waals surface area contributed by atoms with Gasteiger partial charge in [0, 0.05) is 25.2 Å². The molecule has 0 amide bonds. The molecule has 114 valence electrons. The SMILES string of the molecule is Cc1oc(CCl)cc1S(=O)(=O)N1CCCC1CN(C)C. The molecular formula is C13H21ClN2O3S. The molecule has 2 heterocycles. The van der Waals surface area contributed by atoms with E-state index in [1.807, 2.05) is 19.0 Å². The Morgan fingerprint density at radius 2 is 2.20 bits per heavy atom. The zero-order chi connectivity index (χ0) is 14.9. The van der Waals surface area contributed by atoms with E-state index in [-0.39, 0.29) is 16.8 Å². The van der Waals surface area contributed by atoms with E-state index in [1.54, 1.807) is 17.3 Å². The minimum atomic E-state index is -3.50. The van der Waals surface area contributed by atoms with Gasteiger partial charge in [0.2, 0.25) is 10.0 Å². The summed E-state index contributed by atoms with van der Waals surface area (Å²) in [5.74, 6) is 1.08. The average molecular weight is 321 g/mol. The van der Waals surface area contributed by atoms with Crippen LogP contribution in [0.25, 0.3) is 0 Å². The van der Waals surface area contributed by atoms with Crippen molar-refractivity contribution in [3.8, 4) is 0 Å². The smallest absolute Gasteiger partial charge is 0.246 e. The Morgan fingerprint density at radius 3 is 2.75 bits per heavy atom. The molecule has 1 fully saturated rings. The molecule has 0 bridgehead atoms. The van der Waals surface area contributed by atoms with Crippen LogP contribution < -0.4 is 0 Å². The Bertz CT molecular complexity index is 568. The molecule has 0 saturated carbocycles. The van der Waals surface area contributed by atoms with Crippen LogP contribution in [0.1, 0.15) is 24.4 Å². The van der Waals surface area contributed by atoms with Crippen molar-refractivity contribution >= 4 is 21.6 Å². The molecule has 20 heavy (non-hydrogen) atoms. The van der Waals surface area contributed by atoms with Gasteiger partial charge in [0.25, 0.3) is 0 Å². The number of nitrogens with zero attached hydrogens (tertiary/aromatic N) is 2. The first-order valence-electron chi connectivity index (χ1n) is 6.68. The summed E-state index contributed by atoms with van der Waals surface area (Å²) in [6, 6.07) is 1.58. The molecule has 1 atom stereocenters. The third-order valence-electron chi connectivity index (χ3n) is 3.54. The molecule has 5 nitrogen and oxygen atoms in total. The molecule has 0 aliphatic carbocycles. The van der Waals surface area contributed by atoms with E-state index in [9.17, 15) is 8.42 Å². The molecule has 1 aromatic rings. The largest absolute Gasteiger partial charge is 0.464 e. The molecule has 0 radical (unpaired) electrons. The van der Waals surface area contributed by atoms with Crippen molar-refractivity contribution in [2.75, 3.05) is 27.2 Å². The fourth-order valence-corrected chi connectivity index (χ4v) is 4.71. The number of rotatable bonds is 5. The highest BCUT2D eigenvalue weighted by molar-refractivity contribution is 7.89. The Morgan fingerprint density at radius 1 is 1.50 bits per heavy atom. The van der Waals surface area contributed by atoms with E-state index in [2.05, 4.69) is 0 Å². The molecule has 1 aliphatic rings. The van der Waals surface area contributed by atoms with Crippen molar-refractivity contribution in [3.05, 3.63) is 17.6 Å². The predicted molar refractivity (Wildman–Crippen MR) is 78.5 cm³/mol. The first-order valence-corrected chi connectivity index (χ1v) is 8.65. The summed E-state index contributed by atoms with van der Waals surface area (Å²) < 4.78 is 32.5. The number of likely N-dealkylation sites (N-methyl/N-ethyl adjacent to an activating group) is 1. The molecule has 0 N–H and O–H groups in total. The van der Waals surface area contributed by atoms with Crippen LogP contribution in [0.15, 0.2) is 15.4 Å². The van der Waals surface area contributed by atoms with Crippen LogP contribution in [0.2, 0.25) is 0 Å².